The SMILES string of the molecule is Cl.Cl.O.O.O.[AlH3]. The van der Waals surface area contributed by atoms with E-state index in [1.165, 1.54) is 0 Å². The average Bonchev–Trinajstić information content (AvgIpc) is 0. The lowest BCUT2D eigenvalue weighted by atomic mass is 16.0. The van der Waals surface area contributed by atoms with Crippen molar-refractivity contribution in [3.05, 3.63) is 0 Å². The van der Waals surface area contributed by atoms with E-state index >= 15 is 0 Å². The predicted octanol–water partition coefficient (Wildman–Crippen LogP) is -2.81. The van der Waals surface area contributed by atoms with E-state index in [1.807, 2.05) is 0 Å². The van der Waals surface area contributed by atoms with Gasteiger partial charge in [-0.3, -0.25) is 0 Å². The van der Waals surface area contributed by atoms with Crippen LogP contribution in [0.3, 0.4) is 0 Å². The molecule has 3 nitrogen and oxygen atoms in total. The van der Waals surface area contributed by atoms with Crippen molar-refractivity contribution >= 4 is 42.2 Å². The molecule has 0 aliphatic rings. The Bertz CT molecular complexity index is 8.75. The molecule has 0 radical (unpaired) electrons. The summed E-state index contributed by atoms with van der Waals surface area (Å²) in [6, 6.07) is 0. The molecule has 0 aliphatic heterocycles. The second kappa shape index (κ2) is 152. The highest BCUT2D eigenvalue weighted by Crippen LogP contribution is 0.691. The standard InChI is InChI=1S/Al.2ClH.3H2O.3H/h;2*1H;3*1H2;;;. The van der Waals surface area contributed by atoms with E-state index < -0.39 is 0 Å². The molecule has 0 amide bonds. The van der Waals surface area contributed by atoms with E-state index in [2.05, 4.69) is 0 Å². The molecule has 0 aromatic heterocycles. The summed E-state index contributed by atoms with van der Waals surface area (Å²) in [6.07, 6.45) is 0. The highest BCUT2D eigenvalue weighted by atomic mass is 35.5. The summed E-state index contributed by atoms with van der Waals surface area (Å²) in [5.41, 5.74) is 0. The normalized spacial score (nSPS) is 0. The van der Waals surface area contributed by atoms with Crippen LogP contribution in [-0.2, 0) is 0 Å². The fourth-order valence-corrected chi connectivity index (χ4v) is 0. The minimum atomic E-state index is 0. The van der Waals surface area contributed by atoms with Crippen molar-refractivity contribution in [2.45, 2.75) is 0 Å². The van der Waals surface area contributed by atoms with Gasteiger partial charge < -0.3 is 16.4 Å². The van der Waals surface area contributed by atoms with E-state index in [9.17, 15) is 0 Å². The zero-order chi connectivity index (χ0) is 0. The van der Waals surface area contributed by atoms with E-state index in [0.717, 1.165) is 0 Å². The van der Waals surface area contributed by atoms with Crippen LogP contribution in [0.2, 0.25) is 0 Å². The largest absolute Gasteiger partial charge is 0.412 e. The van der Waals surface area contributed by atoms with E-state index in [-0.39, 0.29) is 58.6 Å². The molecule has 0 saturated carbocycles. The molecule has 0 fully saturated rings. The molecular weight excluding hydrogens is 146 g/mol. The molecule has 0 rings (SSSR count). The Labute approximate surface area is 59.0 Å². The van der Waals surface area contributed by atoms with Crippen molar-refractivity contribution in [2.24, 2.45) is 0 Å². The predicted molar refractivity (Wildman–Crippen MR) is 35.3 cm³/mol. The Kier molecular flexibility index (Phi) is 6440. The quantitative estimate of drug-likeness (QED) is 0.339. The minimum absolute atomic E-state index is 0. The van der Waals surface area contributed by atoms with Crippen LogP contribution in [0.25, 0.3) is 0 Å². The van der Waals surface area contributed by atoms with Gasteiger partial charge in [0.2, 0.25) is 0 Å². The smallest absolute Gasteiger partial charge is 0.187 e. The Hall–Kier alpha value is 0.992. The number of hydrogen-bond donors (Lipinski definition) is 0. The van der Waals surface area contributed by atoms with Gasteiger partial charge in [0.05, 0.1) is 0 Å². The highest BCUT2D eigenvalue weighted by Gasteiger charge is 0.187. The van der Waals surface area contributed by atoms with Crippen LogP contribution in [0, 0.1) is 0 Å². The molecule has 6 N–H and O–H groups in total. The molecule has 0 spiro atoms. The summed E-state index contributed by atoms with van der Waals surface area (Å²) >= 11 is 0. The zero-order valence-electron chi connectivity index (χ0n) is 2.32. The minimum Gasteiger partial charge on any atom is -0.412 e. The Balaban J connectivity index is 0. The Morgan fingerprint density at radius 1 is 0.500 bits per heavy atom. The lowest BCUT2D eigenvalue weighted by molar-refractivity contribution is 0.823. The summed E-state index contributed by atoms with van der Waals surface area (Å²) in [7, 11) is 0. The van der Waals surface area contributed by atoms with Crippen LogP contribution in [0.5, 0.6) is 0 Å². The third-order valence-electron chi connectivity index (χ3n) is 0. The van der Waals surface area contributed by atoms with Gasteiger partial charge in [-0.25, -0.2) is 0 Å². The van der Waals surface area contributed by atoms with E-state index in [1.54, 1.807) is 0 Å². The third kappa shape index (κ3) is 80.8. The first-order chi connectivity index (χ1) is 0. The number of hydrogen-bond acceptors (Lipinski definition) is 0. The molecule has 0 bridgehead atoms. The molecular formula is H11AlCl2O3. The summed E-state index contributed by atoms with van der Waals surface area (Å²) < 4.78 is 0. The molecule has 0 saturated heterocycles. The van der Waals surface area contributed by atoms with Crippen LogP contribution in [0.15, 0.2) is 0 Å². The average molecular weight is 157 g/mol. The number of halogens is 2. The van der Waals surface area contributed by atoms with Crippen LogP contribution in [0.4, 0.5) is 0 Å². The number of rotatable bonds is 0. The maximum Gasteiger partial charge on any atom is 0.187 e. The maximum absolute atomic E-state index is 0. The van der Waals surface area contributed by atoms with Crippen molar-refractivity contribution in [3.63, 3.8) is 0 Å². The summed E-state index contributed by atoms with van der Waals surface area (Å²) in [5.74, 6) is 0. The maximum atomic E-state index is 0. The molecule has 0 aliphatic carbocycles. The summed E-state index contributed by atoms with van der Waals surface area (Å²) in [5, 5.41) is 0. The van der Waals surface area contributed by atoms with Crippen LogP contribution in [-0.4, -0.2) is 33.8 Å². The Morgan fingerprint density at radius 3 is 0.500 bits per heavy atom. The lowest BCUT2D eigenvalue weighted by Crippen LogP contribution is -0.381. The molecule has 6 heavy (non-hydrogen) atoms. The Morgan fingerprint density at radius 2 is 0.500 bits per heavy atom. The fourth-order valence-electron chi connectivity index (χ4n) is 0. The molecule has 0 aromatic carbocycles. The van der Waals surface area contributed by atoms with Crippen LogP contribution >= 0.6 is 24.8 Å². The lowest BCUT2D eigenvalue weighted by Gasteiger charge is -0.413. The third-order valence-corrected chi connectivity index (χ3v) is 0. The van der Waals surface area contributed by atoms with E-state index in [0.29, 0.717) is 0 Å². The van der Waals surface area contributed by atoms with Gasteiger partial charge in [-0.15, -0.1) is 24.8 Å². The van der Waals surface area contributed by atoms with Gasteiger partial charge in [0.15, 0.2) is 17.4 Å². The van der Waals surface area contributed by atoms with Gasteiger partial charge in [0.1, 0.15) is 0 Å². The van der Waals surface area contributed by atoms with Gasteiger partial charge in [0, 0.05) is 0 Å². The van der Waals surface area contributed by atoms with Gasteiger partial charge >= 0.3 is 0 Å². The molecule has 0 heterocycles. The van der Waals surface area contributed by atoms with Gasteiger partial charge in [-0.05, 0) is 0 Å². The second-order valence-electron chi connectivity index (χ2n) is 0. The first-order valence-corrected chi connectivity index (χ1v) is 0. The van der Waals surface area contributed by atoms with E-state index in [4.69, 9.17) is 0 Å². The zero-order valence-corrected chi connectivity index (χ0v) is 3.95. The highest BCUT2D eigenvalue weighted by molar-refractivity contribution is 5.85. The van der Waals surface area contributed by atoms with Gasteiger partial charge in [-0.2, -0.15) is 0 Å². The summed E-state index contributed by atoms with van der Waals surface area (Å²) in [4.78, 5) is 0. The van der Waals surface area contributed by atoms with Crippen molar-refractivity contribution < 1.29 is 16.4 Å². The molecule has 0 aromatic rings. The summed E-state index contributed by atoms with van der Waals surface area (Å²) in [6.45, 7) is 0. The van der Waals surface area contributed by atoms with Crippen molar-refractivity contribution in [2.75, 3.05) is 0 Å². The fraction of sp³-hybridized carbons (Fsp3) is 0. The first kappa shape index (κ1) is 255. The molecule has 46 valence electrons. The van der Waals surface area contributed by atoms with Crippen molar-refractivity contribution in [1.29, 1.82) is 0 Å². The van der Waals surface area contributed by atoms with Gasteiger partial charge in [-0.1, -0.05) is 0 Å². The molecule has 0 atom stereocenters. The molecule has 6 heteroatoms. The topological polar surface area (TPSA) is 94.5 Å². The first-order valence-electron chi connectivity index (χ1n) is 0. The van der Waals surface area contributed by atoms with Crippen LogP contribution < -0.4 is 0 Å². The molecule has 0 unspecified atom stereocenters. The van der Waals surface area contributed by atoms with Crippen LogP contribution in [0.1, 0.15) is 0 Å². The van der Waals surface area contributed by atoms with Crippen molar-refractivity contribution in [3.8, 4) is 0 Å². The monoisotopic (exact) mass is 156 g/mol. The van der Waals surface area contributed by atoms with Crippen molar-refractivity contribution in [1.82, 2.24) is 0 Å². The van der Waals surface area contributed by atoms with Gasteiger partial charge in [0.25, 0.3) is 0 Å². The second-order valence-corrected chi connectivity index (χ2v) is 0.